The first-order valence-corrected chi connectivity index (χ1v) is 6.51. The molecular weight excluding hydrogens is 266 g/mol. The summed E-state index contributed by atoms with van der Waals surface area (Å²) in [6.07, 6.45) is 6.37. The van der Waals surface area contributed by atoms with E-state index in [1.165, 1.54) is 18.2 Å². The Kier molecular flexibility index (Phi) is 2.71. The molecule has 0 aliphatic heterocycles. The lowest BCUT2D eigenvalue weighted by Crippen LogP contribution is -1.99. The largest absolute Gasteiger partial charge is 0.443 e. The molecule has 0 spiro atoms. The van der Waals surface area contributed by atoms with Gasteiger partial charge in [0.25, 0.3) is 0 Å². The molecule has 0 fully saturated rings. The van der Waals surface area contributed by atoms with Crippen LogP contribution in [-0.4, -0.2) is 24.5 Å². The van der Waals surface area contributed by atoms with Crippen LogP contribution in [-0.2, 0) is 6.54 Å². The molecule has 4 rings (SSSR count). The third kappa shape index (κ3) is 2.06. The summed E-state index contributed by atoms with van der Waals surface area (Å²) >= 11 is 0. The van der Waals surface area contributed by atoms with Gasteiger partial charge in [0.2, 0.25) is 5.89 Å². The predicted molar refractivity (Wildman–Crippen MR) is 76.4 cm³/mol. The van der Waals surface area contributed by atoms with E-state index in [0.717, 1.165) is 5.65 Å². The topological polar surface area (TPSA) is 69.6 Å². The van der Waals surface area contributed by atoms with Crippen molar-refractivity contribution in [1.29, 1.82) is 0 Å². The van der Waals surface area contributed by atoms with E-state index in [1.807, 2.05) is 22.8 Å². The number of rotatable bonds is 3. The van der Waals surface area contributed by atoms with Gasteiger partial charge in [-0.25, -0.2) is 19.9 Å². The highest BCUT2D eigenvalue weighted by molar-refractivity contribution is 5.84. The highest BCUT2D eigenvalue weighted by Gasteiger charge is 2.14. The van der Waals surface area contributed by atoms with Crippen molar-refractivity contribution in [3.05, 3.63) is 61.0 Å². The van der Waals surface area contributed by atoms with Crippen molar-refractivity contribution < 1.29 is 4.42 Å². The normalized spacial score (nSPS) is 11.0. The van der Waals surface area contributed by atoms with Crippen LogP contribution in [0.4, 0.5) is 0 Å². The fourth-order valence-corrected chi connectivity index (χ4v) is 2.27. The van der Waals surface area contributed by atoms with Crippen molar-refractivity contribution in [1.82, 2.24) is 24.5 Å². The van der Waals surface area contributed by atoms with E-state index in [1.54, 1.807) is 12.5 Å². The van der Waals surface area contributed by atoms with Crippen LogP contribution in [0.3, 0.4) is 0 Å². The number of benzene rings is 1. The molecule has 0 bridgehead atoms. The van der Waals surface area contributed by atoms with E-state index in [2.05, 4.69) is 32.1 Å². The molecule has 0 saturated heterocycles. The average Bonchev–Trinajstić information content (AvgIpc) is 3.18. The minimum absolute atomic E-state index is 0.451. The van der Waals surface area contributed by atoms with Crippen molar-refractivity contribution >= 4 is 11.2 Å². The molecule has 0 amide bonds. The molecule has 3 heterocycles. The number of nitrogens with zero attached hydrogens (tertiary/aromatic N) is 5. The maximum absolute atomic E-state index is 5.30. The van der Waals surface area contributed by atoms with E-state index in [9.17, 15) is 0 Å². The van der Waals surface area contributed by atoms with E-state index in [0.29, 0.717) is 23.6 Å². The number of oxazole rings is 1. The number of hydrogen-bond acceptors (Lipinski definition) is 5. The Balaban J connectivity index is 1.81. The Hall–Kier alpha value is -3.02. The van der Waals surface area contributed by atoms with Gasteiger partial charge in [-0.15, -0.1) is 0 Å². The SMILES string of the molecule is c1ccc(Cn2cnc3c(-c4ncco4)ncnc32)cc1. The zero-order valence-electron chi connectivity index (χ0n) is 11.0. The lowest BCUT2D eigenvalue weighted by atomic mass is 10.2. The van der Waals surface area contributed by atoms with E-state index < -0.39 is 0 Å². The van der Waals surface area contributed by atoms with Crippen LogP contribution in [0.2, 0.25) is 0 Å². The molecule has 6 heteroatoms. The Morgan fingerprint density at radius 2 is 1.90 bits per heavy atom. The molecule has 21 heavy (non-hydrogen) atoms. The van der Waals surface area contributed by atoms with Crippen molar-refractivity contribution in [2.24, 2.45) is 0 Å². The lowest BCUT2D eigenvalue weighted by Gasteiger charge is -2.03. The number of imidazole rings is 1. The Morgan fingerprint density at radius 1 is 1.00 bits per heavy atom. The van der Waals surface area contributed by atoms with Crippen LogP contribution >= 0.6 is 0 Å². The Morgan fingerprint density at radius 3 is 2.71 bits per heavy atom. The van der Waals surface area contributed by atoms with Crippen molar-refractivity contribution in [2.45, 2.75) is 6.54 Å². The summed E-state index contributed by atoms with van der Waals surface area (Å²) in [4.78, 5) is 17.1. The number of hydrogen-bond donors (Lipinski definition) is 0. The lowest BCUT2D eigenvalue weighted by molar-refractivity contribution is 0.572. The molecule has 0 radical (unpaired) electrons. The molecule has 0 aliphatic rings. The van der Waals surface area contributed by atoms with Crippen LogP contribution < -0.4 is 0 Å². The second kappa shape index (κ2) is 4.82. The maximum Gasteiger partial charge on any atom is 0.247 e. The van der Waals surface area contributed by atoms with Crippen molar-refractivity contribution in [3.8, 4) is 11.6 Å². The average molecular weight is 277 g/mol. The molecule has 0 saturated carbocycles. The van der Waals surface area contributed by atoms with Crippen LogP contribution in [0, 0.1) is 0 Å². The summed E-state index contributed by atoms with van der Waals surface area (Å²) in [6.45, 7) is 0.708. The van der Waals surface area contributed by atoms with Crippen LogP contribution in [0.1, 0.15) is 5.56 Å². The van der Waals surface area contributed by atoms with Gasteiger partial charge in [0.15, 0.2) is 11.3 Å². The second-order valence-corrected chi connectivity index (χ2v) is 4.59. The Labute approximate surface area is 120 Å². The van der Waals surface area contributed by atoms with Gasteiger partial charge in [-0.2, -0.15) is 0 Å². The van der Waals surface area contributed by atoms with Gasteiger partial charge in [0.1, 0.15) is 18.1 Å². The van der Waals surface area contributed by atoms with Gasteiger partial charge in [0.05, 0.1) is 19.1 Å². The third-order valence-electron chi connectivity index (χ3n) is 3.23. The molecule has 0 aliphatic carbocycles. The summed E-state index contributed by atoms with van der Waals surface area (Å²) in [5, 5.41) is 0. The first kappa shape index (κ1) is 11.8. The summed E-state index contributed by atoms with van der Waals surface area (Å²) in [5.41, 5.74) is 3.25. The molecule has 6 nitrogen and oxygen atoms in total. The smallest absolute Gasteiger partial charge is 0.247 e. The van der Waals surface area contributed by atoms with Crippen LogP contribution in [0.15, 0.2) is 59.9 Å². The first-order chi connectivity index (χ1) is 10.4. The molecule has 4 aromatic rings. The first-order valence-electron chi connectivity index (χ1n) is 6.51. The van der Waals surface area contributed by atoms with Crippen molar-refractivity contribution in [2.75, 3.05) is 0 Å². The summed E-state index contributed by atoms with van der Waals surface area (Å²) in [6, 6.07) is 10.2. The standard InChI is InChI=1S/C15H11N5O/c1-2-4-11(5-3-1)8-20-10-19-12-13(15-16-6-7-21-15)17-9-18-14(12)20/h1-7,9-10H,8H2. The van der Waals surface area contributed by atoms with Gasteiger partial charge in [-0.05, 0) is 5.56 Å². The number of aromatic nitrogens is 5. The van der Waals surface area contributed by atoms with Gasteiger partial charge in [-0.1, -0.05) is 30.3 Å². The highest BCUT2D eigenvalue weighted by Crippen LogP contribution is 2.22. The Bertz CT molecular complexity index is 868. The zero-order valence-corrected chi connectivity index (χ0v) is 11.0. The van der Waals surface area contributed by atoms with Gasteiger partial charge < -0.3 is 8.98 Å². The predicted octanol–water partition coefficient (Wildman–Crippen LogP) is 2.53. The van der Waals surface area contributed by atoms with E-state index >= 15 is 0 Å². The minimum Gasteiger partial charge on any atom is -0.443 e. The molecule has 0 unspecified atom stereocenters. The monoisotopic (exact) mass is 277 g/mol. The van der Waals surface area contributed by atoms with Crippen LogP contribution in [0.5, 0.6) is 0 Å². The van der Waals surface area contributed by atoms with Gasteiger partial charge in [0, 0.05) is 0 Å². The molecule has 0 N–H and O–H groups in total. The zero-order chi connectivity index (χ0) is 14.1. The highest BCUT2D eigenvalue weighted by atomic mass is 16.3. The molecular formula is C15H11N5O. The van der Waals surface area contributed by atoms with Gasteiger partial charge >= 0.3 is 0 Å². The summed E-state index contributed by atoms with van der Waals surface area (Å²) < 4.78 is 7.29. The van der Waals surface area contributed by atoms with Gasteiger partial charge in [-0.3, -0.25) is 0 Å². The van der Waals surface area contributed by atoms with Crippen molar-refractivity contribution in [3.63, 3.8) is 0 Å². The van der Waals surface area contributed by atoms with E-state index in [4.69, 9.17) is 4.42 Å². The van der Waals surface area contributed by atoms with E-state index in [-0.39, 0.29) is 0 Å². The third-order valence-corrected chi connectivity index (χ3v) is 3.23. The molecule has 102 valence electrons. The fraction of sp³-hybridized carbons (Fsp3) is 0.0667. The molecule has 1 aromatic carbocycles. The minimum atomic E-state index is 0.451. The fourth-order valence-electron chi connectivity index (χ4n) is 2.27. The molecule has 0 atom stereocenters. The summed E-state index contributed by atoms with van der Waals surface area (Å²) in [7, 11) is 0. The van der Waals surface area contributed by atoms with Crippen LogP contribution in [0.25, 0.3) is 22.7 Å². The second-order valence-electron chi connectivity index (χ2n) is 4.59. The summed E-state index contributed by atoms with van der Waals surface area (Å²) in [5.74, 6) is 0.451. The molecule has 3 aromatic heterocycles. The number of fused-ring (bicyclic) bond motifs is 1. The maximum atomic E-state index is 5.30. The quantitative estimate of drug-likeness (QED) is 0.575.